The van der Waals surface area contributed by atoms with E-state index in [9.17, 15) is 4.79 Å². The summed E-state index contributed by atoms with van der Waals surface area (Å²) in [6.07, 6.45) is 1.74. The highest BCUT2D eigenvalue weighted by Gasteiger charge is 2.25. The minimum absolute atomic E-state index is 0.311. The second kappa shape index (κ2) is 4.62. The van der Waals surface area contributed by atoms with E-state index in [1.807, 2.05) is 12.1 Å². The third kappa shape index (κ3) is 3.51. The van der Waals surface area contributed by atoms with Crippen LogP contribution in [0.15, 0.2) is 30.8 Å². The molecule has 0 N–H and O–H groups in total. The van der Waals surface area contributed by atoms with Crippen molar-refractivity contribution < 1.29 is 9.53 Å². The van der Waals surface area contributed by atoms with Gasteiger partial charge in [0.15, 0.2) is 0 Å². The fourth-order valence-corrected chi connectivity index (χ4v) is 0.981. The standard InChI is InChI=1S/C12H13BrO2/c1-4-9-5-7-10(8-6-9)15-11(14)12(2,3)13/h4-8H,1H2,2-3H3. The van der Waals surface area contributed by atoms with E-state index < -0.39 is 4.32 Å². The topological polar surface area (TPSA) is 26.3 Å². The Balaban J connectivity index is 2.74. The summed E-state index contributed by atoms with van der Waals surface area (Å²) < 4.78 is 4.50. The van der Waals surface area contributed by atoms with E-state index in [-0.39, 0.29) is 5.97 Å². The second-order valence-electron chi connectivity index (χ2n) is 3.64. The highest BCUT2D eigenvalue weighted by molar-refractivity contribution is 9.10. The van der Waals surface area contributed by atoms with Gasteiger partial charge in [-0.3, -0.25) is 4.79 Å². The molecule has 1 aromatic rings. The van der Waals surface area contributed by atoms with E-state index in [4.69, 9.17) is 4.74 Å². The number of alkyl halides is 1. The number of carbonyl (C=O) groups is 1. The molecular weight excluding hydrogens is 256 g/mol. The number of benzene rings is 1. The van der Waals surface area contributed by atoms with Crippen molar-refractivity contribution in [3.05, 3.63) is 36.4 Å². The maximum absolute atomic E-state index is 11.5. The summed E-state index contributed by atoms with van der Waals surface area (Å²) in [7, 11) is 0. The average Bonchev–Trinajstić information content (AvgIpc) is 2.17. The summed E-state index contributed by atoms with van der Waals surface area (Å²) >= 11 is 3.24. The molecule has 1 aromatic carbocycles. The maximum Gasteiger partial charge on any atom is 0.327 e. The molecule has 0 aliphatic rings. The van der Waals surface area contributed by atoms with Gasteiger partial charge in [0, 0.05) is 0 Å². The third-order valence-corrected chi connectivity index (χ3v) is 2.14. The molecule has 15 heavy (non-hydrogen) atoms. The molecule has 80 valence electrons. The van der Waals surface area contributed by atoms with E-state index in [0.29, 0.717) is 5.75 Å². The molecule has 0 radical (unpaired) electrons. The van der Waals surface area contributed by atoms with Gasteiger partial charge in [-0.15, -0.1) is 0 Å². The van der Waals surface area contributed by atoms with Crippen molar-refractivity contribution >= 4 is 28.0 Å². The molecule has 0 aromatic heterocycles. The van der Waals surface area contributed by atoms with Gasteiger partial charge >= 0.3 is 5.97 Å². The number of hydrogen-bond acceptors (Lipinski definition) is 2. The lowest BCUT2D eigenvalue weighted by Gasteiger charge is -2.14. The van der Waals surface area contributed by atoms with Gasteiger partial charge in [-0.05, 0) is 31.5 Å². The smallest absolute Gasteiger partial charge is 0.327 e. The van der Waals surface area contributed by atoms with Crippen LogP contribution < -0.4 is 4.74 Å². The van der Waals surface area contributed by atoms with Crippen LogP contribution in [0.1, 0.15) is 19.4 Å². The van der Waals surface area contributed by atoms with Crippen LogP contribution in [0.3, 0.4) is 0 Å². The summed E-state index contributed by atoms with van der Waals surface area (Å²) in [4.78, 5) is 11.5. The zero-order chi connectivity index (χ0) is 11.5. The van der Waals surface area contributed by atoms with Crippen molar-refractivity contribution in [3.8, 4) is 5.75 Å². The van der Waals surface area contributed by atoms with E-state index in [1.165, 1.54) is 0 Å². The molecule has 0 aliphatic carbocycles. The summed E-state index contributed by atoms with van der Waals surface area (Å²) in [5, 5.41) is 0. The maximum atomic E-state index is 11.5. The van der Waals surface area contributed by atoms with Crippen molar-refractivity contribution in [2.45, 2.75) is 18.2 Å². The average molecular weight is 269 g/mol. The zero-order valence-electron chi connectivity index (χ0n) is 8.79. The number of esters is 1. The summed E-state index contributed by atoms with van der Waals surface area (Å²) in [6, 6.07) is 7.18. The molecule has 2 nitrogen and oxygen atoms in total. The van der Waals surface area contributed by atoms with Crippen molar-refractivity contribution in [1.29, 1.82) is 0 Å². The molecule has 0 spiro atoms. The summed E-state index contributed by atoms with van der Waals surface area (Å²) in [5.41, 5.74) is 0.993. The van der Waals surface area contributed by atoms with Crippen LogP contribution in [-0.2, 0) is 4.79 Å². The van der Waals surface area contributed by atoms with Crippen LogP contribution in [-0.4, -0.2) is 10.3 Å². The number of halogens is 1. The number of ether oxygens (including phenoxy) is 1. The van der Waals surface area contributed by atoms with Gasteiger partial charge < -0.3 is 4.74 Å². The van der Waals surface area contributed by atoms with Gasteiger partial charge in [0.1, 0.15) is 10.1 Å². The van der Waals surface area contributed by atoms with Gasteiger partial charge in [0.2, 0.25) is 0 Å². The normalized spacial score (nSPS) is 10.9. The monoisotopic (exact) mass is 268 g/mol. The van der Waals surface area contributed by atoms with Crippen LogP contribution in [0, 0.1) is 0 Å². The first-order valence-electron chi connectivity index (χ1n) is 4.57. The molecule has 0 heterocycles. The van der Waals surface area contributed by atoms with E-state index in [2.05, 4.69) is 22.5 Å². The molecule has 0 amide bonds. The lowest BCUT2D eigenvalue weighted by Crippen LogP contribution is -2.29. The van der Waals surface area contributed by atoms with Crippen LogP contribution in [0.4, 0.5) is 0 Å². The Kier molecular flexibility index (Phi) is 3.69. The predicted octanol–water partition coefficient (Wildman–Crippen LogP) is 3.41. The Bertz CT molecular complexity index is 360. The van der Waals surface area contributed by atoms with Gasteiger partial charge in [0.25, 0.3) is 0 Å². The zero-order valence-corrected chi connectivity index (χ0v) is 10.4. The molecule has 0 saturated carbocycles. The molecule has 0 fully saturated rings. The van der Waals surface area contributed by atoms with E-state index in [0.717, 1.165) is 5.56 Å². The van der Waals surface area contributed by atoms with Gasteiger partial charge in [-0.1, -0.05) is 40.7 Å². The predicted molar refractivity (Wildman–Crippen MR) is 65.2 cm³/mol. The fraction of sp³-hybridized carbons (Fsp3) is 0.250. The Labute approximate surface area is 98.1 Å². The fourth-order valence-electron chi connectivity index (χ4n) is 0.900. The highest BCUT2D eigenvalue weighted by atomic mass is 79.9. The van der Waals surface area contributed by atoms with Gasteiger partial charge in [-0.25, -0.2) is 0 Å². The first-order valence-corrected chi connectivity index (χ1v) is 5.36. The number of rotatable bonds is 3. The van der Waals surface area contributed by atoms with Gasteiger partial charge in [-0.2, -0.15) is 0 Å². The largest absolute Gasteiger partial charge is 0.426 e. The Morgan fingerprint density at radius 2 is 1.93 bits per heavy atom. The molecule has 0 saturated heterocycles. The van der Waals surface area contributed by atoms with E-state index >= 15 is 0 Å². The van der Waals surface area contributed by atoms with Crippen molar-refractivity contribution in [1.82, 2.24) is 0 Å². The summed E-state index contributed by atoms with van der Waals surface area (Å²) in [6.45, 7) is 7.13. The lowest BCUT2D eigenvalue weighted by atomic mass is 10.2. The van der Waals surface area contributed by atoms with Crippen LogP contribution in [0.5, 0.6) is 5.75 Å². The van der Waals surface area contributed by atoms with Crippen molar-refractivity contribution in [2.75, 3.05) is 0 Å². The first kappa shape index (κ1) is 12.0. The quantitative estimate of drug-likeness (QED) is 0.477. The first-order chi connectivity index (χ1) is 6.93. The van der Waals surface area contributed by atoms with E-state index in [1.54, 1.807) is 32.1 Å². The summed E-state index contributed by atoms with van der Waals surface area (Å²) in [5.74, 6) is 0.229. The Hall–Kier alpha value is -1.09. The second-order valence-corrected chi connectivity index (χ2v) is 5.62. The van der Waals surface area contributed by atoms with Crippen molar-refractivity contribution in [3.63, 3.8) is 0 Å². The van der Waals surface area contributed by atoms with Crippen LogP contribution in [0.25, 0.3) is 6.08 Å². The van der Waals surface area contributed by atoms with Crippen molar-refractivity contribution in [2.24, 2.45) is 0 Å². The Morgan fingerprint density at radius 3 is 2.33 bits per heavy atom. The Morgan fingerprint density at radius 1 is 1.40 bits per heavy atom. The highest BCUT2D eigenvalue weighted by Crippen LogP contribution is 2.20. The van der Waals surface area contributed by atoms with Crippen LogP contribution in [0.2, 0.25) is 0 Å². The molecule has 1 rings (SSSR count). The molecule has 3 heteroatoms. The number of carbonyl (C=O) groups excluding carboxylic acids is 1. The molecule has 0 atom stereocenters. The lowest BCUT2D eigenvalue weighted by molar-refractivity contribution is -0.136. The molecule has 0 bridgehead atoms. The number of hydrogen-bond donors (Lipinski definition) is 0. The molecule has 0 unspecified atom stereocenters. The molecular formula is C12H13BrO2. The SMILES string of the molecule is C=Cc1ccc(OC(=O)C(C)(C)Br)cc1. The van der Waals surface area contributed by atoms with Crippen LogP contribution >= 0.6 is 15.9 Å². The minimum atomic E-state index is -0.663. The third-order valence-electron chi connectivity index (χ3n) is 1.81. The van der Waals surface area contributed by atoms with Gasteiger partial charge in [0.05, 0.1) is 0 Å². The minimum Gasteiger partial charge on any atom is -0.426 e. The molecule has 0 aliphatic heterocycles.